The summed E-state index contributed by atoms with van der Waals surface area (Å²) in [6.07, 6.45) is 0.00509. The highest BCUT2D eigenvalue weighted by molar-refractivity contribution is 6.30. The number of halogens is 1. The Kier molecular flexibility index (Phi) is 6.97. The number of hydrogen-bond donors (Lipinski definition) is 1. The molecule has 2 aromatic carbocycles. The Morgan fingerprint density at radius 1 is 1.27 bits per heavy atom. The lowest BCUT2D eigenvalue weighted by Crippen LogP contribution is -2.38. The molecule has 0 unspecified atom stereocenters. The number of nitrogens with zero attached hydrogens (tertiary/aromatic N) is 1. The van der Waals surface area contributed by atoms with Gasteiger partial charge in [-0.05, 0) is 31.0 Å². The second-order valence-electron chi connectivity index (χ2n) is 5.89. The van der Waals surface area contributed by atoms with Crippen molar-refractivity contribution >= 4 is 23.2 Å². The van der Waals surface area contributed by atoms with Gasteiger partial charge in [0.25, 0.3) is 5.91 Å². The lowest BCUT2D eigenvalue weighted by molar-refractivity contribution is -0.386. The Hall–Kier alpha value is -2.60. The summed E-state index contributed by atoms with van der Waals surface area (Å²) in [7, 11) is 0. The maximum atomic E-state index is 12.3. The third-order valence-electron chi connectivity index (χ3n) is 4.08. The Labute approximate surface area is 157 Å². The van der Waals surface area contributed by atoms with Crippen molar-refractivity contribution in [3.63, 3.8) is 0 Å². The molecule has 6 nitrogen and oxygen atoms in total. The molecule has 0 saturated carbocycles. The van der Waals surface area contributed by atoms with E-state index in [1.807, 2.05) is 30.3 Å². The van der Waals surface area contributed by atoms with E-state index in [1.54, 1.807) is 6.92 Å². The molecule has 0 radical (unpaired) electrons. The average molecular weight is 377 g/mol. The minimum Gasteiger partial charge on any atom is -0.474 e. The van der Waals surface area contributed by atoms with E-state index in [0.29, 0.717) is 6.54 Å². The zero-order valence-electron chi connectivity index (χ0n) is 14.6. The van der Waals surface area contributed by atoms with Gasteiger partial charge < -0.3 is 10.1 Å². The summed E-state index contributed by atoms with van der Waals surface area (Å²) in [5.74, 6) is -0.127. The van der Waals surface area contributed by atoms with Crippen LogP contribution < -0.4 is 10.1 Å². The van der Waals surface area contributed by atoms with E-state index >= 15 is 0 Å². The van der Waals surface area contributed by atoms with Gasteiger partial charge in [0.2, 0.25) is 0 Å². The van der Waals surface area contributed by atoms with Crippen LogP contribution >= 0.6 is 11.6 Å². The second kappa shape index (κ2) is 9.20. The fourth-order valence-corrected chi connectivity index (χ4v) is 2.73. The number of carbonyl (C=O) groups is 1. The Morgan fingerprint density at radius 3 is 2.58 bits per heavy atom. The Balaban J connectivity index is 1.99. The van der Waals surface area contributed by atoms with Crippen LogP contribution in [0.15, 0.2) is 48.5 Å². The number of carbonyl (C=O) groups excluding carboxylic acids is 1. The predicted molar refractivity (Wildman–Crippen MR) is 101 cm³/mol. The summed E-state index contributed by atoms with van der Waals surface area (Å²) in [5.41, 5.74) is 0.880. The topological polar surface area (TPSA) is 81.5 Å². The molecule has 0 aromatic heterocycles. The zero-order valence-corrected chi connectivity index (χ0v) is 15.4. The molecule has 0 fully saturated rings. The number of nitro benzene ring substituents is 1. The fraction of sp³-hybridized carbons (Fsp3) is 0.316. The first-order chi connectivity index (χ1) is 12.4. The summed E-state index contributed by atoms with van der Waals surface area (Å²) in [6.45, 7) is 4.08. The van der Waals surface area contributed by atoms with E-state index in [-0.39, 0.29) is 28.3 Å². The van der Waals surface area contributed by atoms with Crippen molar-refractivity contribution in [2.45, 2.75) is 32.3 Å². The molecule has 138 valence electrons. The van der Waals surface area contributed by atoms with Crippen LogP contribution in [-0.4, -0.2) is 23.5 Å². The molecule has 0 aliphatic carbocycles. The highest BCUT2D eigenvalue weighted by atomic mass is 35.5. The lowest BCUT2D eigenvalue weighted by Gasteiger charge is -2.19. The zero-order chi connectivity index (χ0) is 19.1. The number of ether oxygens (including phenoxy) is 1. The van der Waals surface area contributed by atoms with E-state index in [4.69, 9.17) is 16.3 Å². The number of amides is 1. The van der Waals surface area contributed by atoms with Crippen molar-refractivity contribution in [2.75, 3.05) is 6.54 Å². The summed E-state index contributed by atoms with van der Waals surface area (Å²) in [4.78, 5) is 22.8. The lowest BCUT2D eigenvalue weighted by atomic mass is 9.96. The summed E-state index contributed by atoms with van der Waals surface area (Å²) in [6, 6.07) is 14.0. The van der Waals surface area contributed by atoms with Crippen LogP contribution in [0.25, 0.3) is 0 Å². The number of nitro groups is 1. The third-order valence-corrected chi connectivity index (χ3v) is 4.31. The number of hydrogen-bond acceptors (Lipinski definition) is 4. The Bertz CT molecular complexity index is 767. The molecule has 26 heavy (non-hydrogen) atoms. The van der Waals surface area contributed by atoms with Crippen molar-refractivity contribution in [3.8, 4) is 5.75 Å². The van der Waals surface area contributed by atoms with Crippen LogP contribution in [0.1, 0.15) is 31.7 Å². The summed E-state index contributed by atoms with van der Waals surface area (Å²) >= 11 is 5.78. The van der Waals surface area contributed by atoms with Gasteiger partial charge in [-0.25, -0.2) is 0 Å². The molecule has 2 rings (SSSR count). The molecule has 2 atom stereocenters. The van der Waals surface area contributed by atoms with Gasteiger partial charge in [-0.2, -0.15) is 0 Å². The fourth-order valence-electron chi connectivity index (χ4n) is 2.57. The van der Waals surface area contributed by atoms with Gasteiger partial charge in [-0.15, -0.1) is 0 Å². The number of rotatable bonds is 8. The van der Waals surface area contributed by atoms with Crippen molar-refractivity contribution in [2.24, 2.45) is 0 Å². The molecule has 0 saturated heterocycles. The molecular weight excluding hydrogens is 356 g/mol. The first-order valence-electron chi connectivity index (χ1n) is 8.35. The van der Waals surface area contributed by atoms with Gasteiger partial charge in [0.15, 0.2) is 11.9 Å². The van der Waals surface area contributed by atoms with E-state index in [0.717, 1.165) is 12.0 Å². The Morgan fingerprint density at radius 2 is 1.96 bits per heavy atom. The number of benzene rings is 2. The smallest absolute Gasteiger partial charge is 0.312 e. The van der Waals surface area contributed by atoms with Crippen LogP contribution in [0.5, 0.6) is 5.75 Å². The van der Waals surface area contributed by atoms with Crippen molar-refractivity contribution in [1.29, 1.82) is 0 Å². The maximum Gasteiger partial charge on any atom is 0.312 e. The minimum atomic E-state index is -0.872. The van der Waals surface area contributed by atoms with E-state index in [1.165, 1.54) is 18.2 Å². The molecule has 0 heterocycles. The molecular formula is C19H21ClN2O4. The molecule has 0 aliphatic heterocycles. The highest BCUT2D eigenvalue weighted by Gasteiger charge is 2.22. The van der Waals surface area contributed by atoms with Gasteiger partial charge >= 0.3 is 5.69 Å². The largest absolute Gasteiger partial charge is 0.474 e. The predicted octanol–water partition coefficient (Wildman–Crippen LogP) is 4.33. The van der Waals surface area contributed by atoms with Gasteiger partial charge in [0.05, 0.1) is 4.92 Å². The van der Waals surface area contributed by atoms with E-state index < -0.39 is 11.0 Å². The molecule has 7 heteroatoms. The first kappa shape index (κ1) is 19.7. The third kappa shape index (κ3) is 5.20. The molecule has 0 spiro atoms. The van der Waals surface area contributed by atoms with Crippen LogP contribution in [0.4, 0.5) is 5.69 Å². The highest BCUT2D eigenvalue weighted by Crippen LogP contribution is 2.30. The minimum absolute atomic E-state index is 0.0113. The van der Waals surface area contributed by atoms with Crippen molar-refractivity contribution < 1.29 is 14.5 Å². The van der Waals surface area contributed by atoms with Crippen LogP contribution in [-0.2, 0) is 4.79 Å². The molecule has 0 bridgehead atoms. The van der Waals surface area contributed by atoms with Gasteiger partial charge in [-0.1, -0.05) is 48.9 Å². The van der Waals surface area contributed by atoms with E-state index in [2.05, 4.69) is 12.2 Å². The van der Waals surface area contributed by atoms with Gasteiger partial charge in [0.1, 0.15) is 0 Å². The molecule has 1 amide bonds. The maximum absolute atomic E-state index is 12.3. The van der Waals surface area contributed by atoms with E-state index in [9.17, 15) is 14.9 Å². The standard InChI is InChI=1S/C19H21ClN2O4/c1-3-14(15-7-5-4-6-8-15)12-21-19(23)13(2)26-18-10-9-16(20)11-17(18)22(24)25/h4-11,13-14H,3,12H2,1-2H3,(H,21,23)/t13-,14+/m1/s1. The van der Waals surface area contributed by atoms with Gasteiger partial charge in [-0.3, -0.25) is 14.9 Å². The average Bonchev–Trinajstić information content (AvgIpc) is 2.64. The van der Waals surface area contributed by atoms with Crippen LogP contribution in [0.2, 0.25) is 5.02 Å². The van der Waals surface area contributed by atoms with Crippen LogP contribution in [0.3, 0.4) is 0 Å². The van der Waals surface area contributed by atoms with Gasteiger partial charge in [0, 0.05) is 23.6 Å². The summed E-state index contributed by atoms with van der Waals surface area (Å²) < 4.78 is 5.48. The first-order valence-corrected chi connectivity index (χ1v) is 8.73. The molecule has 1 N–H and O–H groups in total. The summed E-state index contributed by atoms with van der Waals surface area (Å²) in [5, 5.41) is 14.2. The molecule has 0 aliphatic rings. The van der Waals surface area contributed by atoms with Crippen molar-refractivity contribution in [3.05, 3.63) is 69.2 Å². The normalized spacial score (nSPS) is 12.9. The molecule has 2 aromatic rings. The van der Waals surface area contributed by atoms with Crippen molar-refractivity contribution in [1.82, 2.24) is 5.32 Å². The van der Waals surface area contributed by atoms with Crippen LogP contribution in [0, 0.1) is 10.1 Å². The second-order valence-corrected chi connectivity index (χ2v) is 6.33. The monoisotopic (exact) mass is 376 g/mol. The SMILES string of the molecule is CC[C@@H](CNC(=O)[C@@H](C)Oc1ccc(Cl)cc1[N+](=O)[O-])c1ccccc1. The quantitative estimate of drug-likeness (QED) is 0.549. The number of nitrogens with one attached hydrogen (secondary N) is 1.